The summed E-state index contributed by atoms with van der Waals surface area (Å²) in [5, 5.41) is 2.55. The van der Waals surface area contributed by atoms with E-state index in [0.29, 0.717) is 12.8 Å². The second kappa shape index (κ2) is 6.40. The normalized spacial score (nSPS) is 29.1. The summed E-state index contributed by atoms with van der Waals surface area (Å²) in [5.41, 5.74) is 5.08. The number of hydrogen-bond donors (Lipinski definition) is 2. The van der Waals surface area contributed by atoms with Gasteiger partial charge in [-0.15, -0.1) is 12.4 Å². The van der Waals surface area contributed by atoms with Crippen molar-refractivity contribution < 1.29 is 13.9 Å². The third kappa shape index (κ3) is 6.07. The van der Waals surface area contributed by atoms with Crippen LogP contribution in [0.2, 0.25) is 0 Å². The van der Waals surface area contributed by atoms with Gasteiger partial charge < -0.3 is 15.8 Å². The van der Waals surface area contributed by atoms with Crippen LogP contribution >= 0.6 is 12.4 Å². The van der Waals surface area contributed by atoms with Crippen LogP contribution in [0.25, 0.3) is 0 Å². The van der Waals surface area contributed by atoms with Crippen LogP contribution in [0, 0.1) is 0 Å². The van der Waals surface area contributed by atoms with Gasteiger partial charge in [-0.25, -0.2) is 9.18 Å². The van der Waals surface area contributed by atoms with Gasteiger partial charge in [0.2, 0.25) is 0 Å². The second-order valence-electron chi connectivity index (χ2n) is 5.34. The molecule has 0 aromatic rings. The summed E-state index contributed by atoms with van der Waals surface area (Å²) < 4.78 is 18.6. The van der Waals surface area contributed by atoms with E-state index < -0.39 is 23.9 Å². The van der Waals surface area contributed by atoms with Gasteiger partial charge in [-0.05, 0) is 40.0 Å². The maximum absolute atomic E-state index is 13.5. The Hall–Kier alpha value is -0.550. The molecule has 1 amide bonds. The van der Waals surface area contributed by atoms with Crippen LogP contribution in [-0.4, -0.2) is 29.9 Å². The van der Waals surface area contributed by atoms with Crippen molar-refractivity contribution in [3.63, 3.8) is 0 Å². The zero-order chi connectivity index (χ0) is 12.3. The summed E-state index contributed by atoms with van der Waals surface area (Å²) in [6.07, 6.45) is -0.0185. The van der Waals surface area contributed by atoms with Crippen LogP contribution in [0.4, 0.5) is 9.18 Å². The smallest absolute Gasteiger partial charge is 0.407 e. The van der Waals surface area contributed by atoms with Crippen molar-refractivity contribution in [2.24, 2.45) is 5.73 Å². The Morgan fingerprint density at radius 2 is 2.00 bits per heavy atom. The third-order valence-corrected chi connectivity index (χ3v) is 2.52. The van der Waals surface area contributed by atoms with Crippen LogP contribution in [0.1, 0.15) is 40.0 Å². The van der Waals surface area contributed by atoms with Gasteiger partial charge in [-0.2, -0.15) is 0 Å². The Morgan fingerprint density at radius 1 is 1.41 bits per heavy atom. The fourth-order valence-corrected chi connectivity index (χ4v) is 1.77. The van der Waals surface area contributed by atoms with Gasteiger partial charge in [0.05, 0.1) is 6.04 Å². The highest BCUT2D eigenvalue weighted by molar-refractivity contribution is 5.85. The molecule has 0 heterocycles. The topological polar surface area (TPSA) is 64.3 Å². The first kappa shape index (κ1) is 16.4. The van der Waals surface area contributed by atoms with E-state index in [9.17, 15) is 9.18 Å². The highest BCUT2D eigenvalue weighted by Gasteiger charge is 2.31. The van der Waals surface area contributed by atoms with Crippen LogP contribution in [0.5, 0.6) is 0 Å². The van der Waals surface area contributed by atoms with E-state index in [4.69, 9.17) is 10.5 Å². The number of carbonyl (C=O) groups excluding carboxylic acids is 1. The predicted molar refractivity (Wildman–Crippen MR) is 67.1 cm³/mol. The van der Waals surface area contributed by atoms with Gasteiger partial charge in [0.15, 0.2) is 0 Å². The van der Waals surface area contributed by atoms with Gasteiger partial charge in [0.25, 0.3) is 0 Å². The molecule has 0 bridgehead atoms. The standard InChI is InChI=1S/C11H21FN2O2.ClH/c1-11(2,3)16-10(15)14-9-5-4-7(13)6-8(9)12;/h7-9H,4-6,13H2,1-3H3,(H,14,15);1H/t7-,8+,9-;/m1./s1. The van der Waals surface area contributed by atoms with Crippen LogP contribution < -0.4 is 11.1 Å². The Bertz CT molecular complexity index is 258. The lowest BCUT2D eigenvalue weighted by molar-refractivity contribution is 0.0445. The number of alkyl halides is 1. The number of nitrogens with two attached hydrogens (primary N) is 1. The number of carbonyl (C=O) groups is 1. The minimum Gasteiger partial charge on any atom is -0.444 e. The molecule has 3 N–H and O–H groups in total. The van der Waals surface area contributed by atoms with E-state index in [0.717, 1.165) is 6.42 Å². The molecule has 1 aliphatic rings. The molecule has 0 radical (unpaired) electrons. The Balaban J connectivity index is 0.00000256. The molecule has 17 heavy (non-hydrogen) atoms. The molecular formula is C11H22ClFN2O2. The molecule has 1 aliphatic carbocycles. The van der Waals surface area contributed by atoms with Crippen molar-refractivity contribution in [1.29, 1.82) is 0 Å². The number of halogens is 2. The summed E-state index contributed by atoms with van der Waals surface area (Å²) >= 11 is 0. The fraction of sp³-hybridized carbons (Fsp3) is 0.909. The highest BCUT2D eigenvalue weighted by atomic mass is 35.5. The van der Waals surface area contributed by atoms with E-state index in [2.05, 4.69) is 5.32 Å². The molecule has 3 atom stereocenters. The molecule has 0 aromatic carbocycles. The van der Waals surface area contributed by atoms with E-state index >= 15 is 0 Å². The molecule has 0 saturated heterocycles. The van der Waals surface area contributed by atoms with Crippen LogP contribution in [0.3, 0.4) is 0 Å². The quantitative estimate of drug-likeness (QED) is 0.766. The lowest BCUT2D eigenvalue weighted by atomic mass is 9.90. The van der Waals surface area contributed by atoms with Crippen molar-refractivity contribution in [1.82, 2.24) is 5.32 Å². The van der Waals surface area contributed by atoms with Gasteiger partial charge in [-0.3, -0.25) is 0 Å². The number of alkyl carbamates (subject to hydrolysis) is 1. The van der Waals surface area contributed by atoms with E-state index in [1.54, 1.807) is 20.8 Å². The Morgan fingerprint density at radius 3 is 2.47 bits per heavy atom. The van der Waals surface area contributed by atoms with Gasteiger partial charge >= 0.3 is 6.09 Å². The summed E-state index contributed by atoms with van der Waals surface area (Å²) in [6, 6.07) is -0.554. The maximum Gasteiger partial charge on any atom is 0.407 e. The monoisotopic (exact) mass is 268 g/mol. The van der Waals surface area contributed by atoms with E-state index in [1.807, 2.05) is 0 Å². The molecular weight excluding hydrogens is 247 g/mol. The average Bonchev–Trinajstić information content (AvgIpc) is 2.06. The van der Waals surface area contributed by atoms with Crippen molar-refractivity contribution >= 4 is 18.5 Å². The lowest BCUT2D eigenvalue weighted by Crippen LogP contribution is -2.49. The zero-order valence-electron chi connectivity index (χ0n) is 10.5. The molecule has 0 unspecified atom stereocenters. The molecule has 1 rings (SSSR count). The number of rotatable bonds is 1. The summed E-state index contributed by atoms with van der Waals surface area (Å²) in [5.74, 6) is 0. The molecule has 0 aromatic heterocycles. The van der Waals surface area contributed by atoms with E-state index in [1.165, 1.54) is 0 Å². The van der Waals surface area contributed by atoms with Crippen molar-refractivity contribution in [3.05, 3.63) is 0 Å². The predicted octanol–water partition coefficient (Wildman–Crippen LogP) is 2.15. The molecule has 0 spiro atoms. The number of nitrogens with one attached hydrogen (secondary N) is 1. The fourth-order valence-electron chi connectivity index (χ4n) is 1.77. The summed E-state index contributed by atoms with van der Waals surface area (Å²) in [4.78, 5) is 11.4. The van der Waals surface area contributed by atoms with Crippen molar-refractivity contribution in [2.45, 2.75) is 63.9 Å². The Labute approximate surface area is 108 Å². The van der Waals surface area contributed by atoms with Gasteiger partial charge in [0, 0.05) is 6.04 Å². The average molecular weight is 269 g/mol. The number of hydrogen-bond acceptors (Lipinski definition) is 3. The SMILES string of the molecule is CC(C)(C)OC(=O)N[C@@H]1CC[C@@H](N)C[C@@H]1F.Cl. The first-order valence-electron chi connectivity index (χ1n) is 5.67. The summed E-state index contributed by atoms with van der Waals surface area (Å²) in [7, 11) is 0. The van der Waals surface area contributed by atoms with Crippen molar-refractivity contribution in [3.8, 4) is 0 Å². The van der Waals surface area contributed by atoms with E-state index in [-0.39, 0.29) is 18.4 Å². The van der Waals surface area contributed by atoms with Crippen LogP contribution in [0.15, 0.2) is 0 Å². The molecule has 6 heteroatoms. The Kier molecular flexibility index (Phi) is 6.19. The molecule has 102 valence electrons. The number of ether oxygens (including phenoxy) is 1. The largest absolute Gasteiger partial charge is 0.444 e. The van der Waals surface area contributed by atoms with Crippen molar-refractivity contribution in [2.75, 3.05) is 0 Å². The second-order valence-corrected chi connectivity index (χ2v) is 5.34. The van der Waals surface area contributed by atoms with Gasteiger partial charge in [-0.1, -0.05) is 0 Å². The first-order chi connectivity index (χ1) is 7.28. The molecule has 4 nitrogen and oxygen atoms in total. The molecule has 0 aliphatic heterocycles. The number of amides is 1. The van der Waals surface area contributed by atoms with Crippen LogP contribution in [-0.2, 0) is 4.74 Å². The maximum atomic E-state index is 13.5. The third-order valence-electron chi connectivity index (χ3n) is 2.52. The molecule has 1 fully saturated rings. The minimum absolute atomic E-state index is 0. The summed E-state index contributed by atoms with van der Waals surface area (Å²) in [6.45, 7) is 5.32. The minimum atomic E-state index is -1.07. The highest BCUT2D eigenvalue weighted by Crippen LogP contribution is 2.21. The molecule has 1 saturated carbocycles. The first-order valence-corrected chi connectivity index (χ1v) is 5.67. The lowest BCUT2D eigenvalue weighted by Gasteiger charge is -2.31. The van der Waals surface area contributed by atoms with Gasteiger partial charge in [0.1, 0.15) is 11.8 Å². The zero-order valence-corrected chi connectivity index (χ0v) is 11.3.